The summed E-state index contributed by atoms with van der Waals surface area (Å²) in [6, 6.07) is -1.08. The van der Waals surface area contributed by atoms with Crippen molar-refractivity contribution in [1.82, 2.24) is 31.9 Å². The fourth-order valence-electron chi connectivity index (χ4n) is 6.53. The molecule has 0 radical (unpaired) electrons. The molecule has 0 aromatic rings. The summed E-state index contributed by atoms with van der Waals surface area (Å²) in [6.07, 6.45) is 1.41. The van der Waals surface area contributed by atoms with E-state index < -0.39 is 140 Å². The first-order valence-corrected chi connectivity index (χ1v) is 23.9. The van der Waals surface area contributed by atoms with Crippen LogP contribution in [0, 0.1) is 17.8 Å². The Morgan fingerprint density at radius 3 is 1.21 bits per heavy atom. The van der Waals surface area contributed by atoms with E-state index in [1.165, 1.54) is 6.92 Å². The van der Waals surface area contributed by atoms with Crippen molar-refractivity contribution >= 4 is 81.7 Å². The molecule has 0 aliphatic carbocycles. The number of aliphatic hydroxyl groups excluding tert-OH is 2. The molecule has 0 aromatic carbocycles. The fourth-order valence-corrected chi connectivity index (χ4v) is 6.53. The predicted octanol–water partition coefficient (Wildman–Crippen LogP) is -1.52. The van der Waals surface area contributed by atoms with Gasteiger partial charge in [-0.05, 0) is 19.8 Å². The van der Waals surface area contributed by atoms with E-state index >= 15 is 0 Å². The van der Waals surface area contributed by atoms with E-state index in [0.717, 1.165) is 19.3 Å². The number of ketones is 8. The van der Waals surface area contributed by atoms with Crippen LogP contribution in [0.2, 0.25) is 0 Å². The molecule has 394 valence electrons. The van der Waals surface area contributed by atoms with Gasteiger partial charge in [-0.15, -0.1) is 0 Å². The second-order valence-electron chi connectivity index (χ2n) is 17.1. The summed E-state index contributed by atoms with van der Waals surface area (Å²) < 4.78 is 0. The van der Waals surface area contributed by atoms with Crippen LogP contribution in [0.5, 0.6) is 0 Å². The molecule has 0 fully saturated rings. The van der Waals surface area contributed by atoms with Crippen molar-refractivity contribution < 1.29 is 77.3 Å². The lowest BCUT2D eigenvalue weighted by Gasteiger charge is -2.21. The van der Waals surface area contributed by atoms with E-state index in [1.807, 2.05) is 13.8 Å². The molecule has 0 rings (SSSR count). The Kier molecular flexibility index (Phi) is 34.7. The van der Waals surface area contributed by atoms with Crippen LogP contribution in [-0.2, 0) is 67.1 Å². The Labute approximate surface area is 408 Å². The van der Waals surface area contributed by atoms with E-state index in [4.69, 9.17) is 5.73 Å². The van der Waals surface area contributed by atoms with Crippen LogP contribution in [-0.4, -0.2) is 150 Å². The first kappa shape index (κ1) is 64.1. The van der Waals surface area contributed by atoms with Crippen LogP contribution in [0.15, 0.2) is 0 Å². The monoisotopic (exact) mass is 994 g/mol. The number of nitrogens with two attached hydrogens (primary N) is 1. The molecule has 0 aromatic heterocycles. The molecule has 0 heterocycles. The van der Waals surface area contributed by atoms with Gasteiger partial charge in [-0.3, -0.25) is 67.1 Å². The third kappa shape index (κ3) is 31.2. The van der Waals surface area contributed by atoms with Crippen molar-refractivity contribution in [2.75, 3.05) is 52.5 Å². The van der Waals surface area contributed by atoms with Gasteiger partial charge < -0.3 is 47.8 Å². The van der Waals surface area contributed by atoms with Gasteiger partial charge in [-0.2, -0.15) is 0 Å². The Morgan fingerprint density at radius 2 is 0.814 bits per heavy atom. The minimum atomic E-state index is -1.31. The molecule has 23 heteroatoms. The lowest BCUT2D eigenvalue weighted by atomic mass is 9.92. The Morgan fingerprint density at radius 1 is 0.429 bits per heavy atom. The summed E-state index contributed by atoms with van der Waals surface area (Å²) >= 11 is 0. The molecule has 10 N–H and O–H groups in total. The van der Waals surface area contributed by atoms with Crippen LogP contribution in [0.25, 0.3) is 0 Å². The Bertz CT molecular complexity index is 1820. The number of unbranched alkanes of at least 4 members (excludes halogenated alkanes) is 3. The molecule has 0 saturated carbocycles. The van der Waals surface area contributed by atoms with Gasteiger partial charge in [0.25, 0.3) is 0 Å². The summed E-state index contributed by atoms with van der Waals surface area (Å²) in [5, 5.41) is 34.0. The first-order chi connectivity index (χ1) is 33.2. The van der Waals surface area contributed by atoms with E-state index in [1.54, 1.807) is 0 Å². The van der Waals surface area contributed by atoms with Crippen LogP contribution >= 0.6 is 0 Å². The summed E-state index contributed by atoms with van der Waals surface area (Å²) in [4.78, 5) is 172. The minimum Gasteiger partial charge on any atom is -0.396 e. The van der Waals surface area contributed by atoms with Crippen molar-refractivity contribution in [1.29, 1.82) is 0 Å². The van der Waals surface area contributed by atoms with Gasteiger partial charge in [0.05, 0.1) is 70.4 Å². The maximum absolute atomic E-state index is 13.3. The number of hydrogen-bond acceptors (Lipinski definition) is 17. The van der Waals surface area contributed by atoms with Crippen LogP contribution < -0.4 is 37.6 Å². The first-order valence-electron chi connectivity index (χ1n) is 23.9. The topological polar surface area (TPSA) is 378 Å². The summed E-state index contributed by atoms with van der Waals surface area (Å²) in [7, 11) is 0. The maximum atomic E-state index is 13.3. The summed E-state index contributed by atoms with van der Waals surface area (Å²) in [5.41, 5.74) is 5.17. The molecule has 0 spiro atoms. The maximum Gasteiger partial charge on any atom is 0.226 e. The Hall–Kier alpha value is -5.94. The summed E-state index contributed by atoms with van der Waals surface area (Å²) in [5.74, 6) is -10.6. The normalized spacial score (nSPS) is 12.5. The highest BCUT2D eigenvalue weighted by molar-refractivity contribution is 5.97. The highest BCUT2D eigenvalue weighted by atomic mass is 16.3. The molecule has 6 amide bonds. The molecule has 70 heavy (non-hydrogen) atoms. The van der Waals surface area contributed by atoms with Crippen LogP contribution in [0.1, 0.15) is 136 Å². The zero-order valence-corrected chi connectivity index (χ0v) is 40.9. The van der Waals surface area contributed by atoms with Gasteiger partial charge in [0.2, 0.25) is 35.4 Å². The minimum absolute atomic E-state index is 0.0512. The fraction of sp³-hybridized carbons (Fsp3) is 0.702. The number of aliphatic hydroxyl groups is 2. The third-order valence-electron chi connectivity index (χ3n) is 11.0. The highest BCUT2D eigenvalue weighted by Gasteiger charge is 2.29. The molecule has 0 saturated heterocycles. The predicted molar refractivity (Wildman–Crippen MR) is 251 cm³/mol. The number of rotatable bonds is 43. The molecule has 0 aliphatic heterocycles. The van der Waals surface area contributed by atoms with Gasteiger partial charge >= 0.3 is 0 Å². The molecular weight excluding hydrogens is 919 g/mol. The van der Waals surface area contributed by atoms with E-state index in [0.29, 0.717) is 19.3 Å². The van der Waals surface area contributed by atoms with Crippen LogP contribution in [0.3, 0.4) is 0 Å². The Balaban J connectivity index is 4.83. The van der Waals surface area contributed by atoms with Gasteiger partial charge in [0, 0.05) is 76.5 Å². The van der Waals surface area contributed by atoms with Gasteiger partial charge in [0.1, 0.15) is 11.6 Å². The van der Waals surface area contributed by atoms with Crippen molar-refractivity contribution in [2.45, 2.75) is 142 Å². The van der Waals surface area contributed by atoms with Gasteiger partial charge in [-0.25, -0.2) is 0 Å². The number of Topliss-reactive ketones (excluding diaryl/α,β-unsaturated/α-hetero) is 8. The lowest BCUT2D eigenvalue weighted by molar-refractivity contribution is -0.134. The zero-order valence-electron chi connectivity index (χ0n) is 40.9. The SMILES string of the molecule is CCCCCC(NC(=O)CCC(=O)CNC(=O)CCC(=O)CNC(=O)CCC(=O)CNC(=O)CCC(=O)CN)C(=O)CC(CO)C(=O)NCC(=O)CC(CO)C(=O)NCC(=O)CC(CCCC)C(C)=O. The van der Waals surface area contributed by atoms with Crippen molar-refractivity contribution in [3.63, 3.8) is 0 Å². The van der Waals surface area contributed by atoms with Crippen LogP contribution in [0.4, 0.5) is 0 Å². The largest absolute Gasteiger partial charge is 0.396 e. The smallest absolute Gasteiger partial charge is 0.226 e. The van der Waals surface area contributed by atoms with Crippen molar-refractivity contribution in [3.05, 3.63) is 0 Å². The second-order valence-corrected chi connectivity index (χ2v) is 17.1. The lowest BCUT2D eigenvalue weighted by Crippen LogP contribution is -2.44. The van der Waals surface area contributed by atoms with E-state index in [-0.39, 0.29) is 94.6 Å². The number of amides is 6. The highest BCUT2D eigenvalue weighted by Crippen LogP contribution is 2.15. The van der Waals surface area contributed by atoms with Crippen molar-refractivity contribution in [2.24, 2.45) is 23.5 Å². The third-order valence-corrected chi connectivity index (χ3v) is 11.0. The molecule has 4 unspecified atom stereocenters. The van der Waals surface area contributed by atoms with Gasteiger partial charge in [0.15, 0.2) is 34.7 Å². The number of carbonyl (C=O) groups is 14. The summed E-state index contributed by atoms with van der Waals surface area (Å²) in [6.45, 7) is 1.35. The average Bonchev–Trinajstić information content (AvgIpc) is 3.33. The van der Waals surface area contributed by atoms with Gasteiger partial charge in [-0.1, -0.05) is 46.0 Å². The standard InChI is InChI=1S/C47H75N7O16/c1-4-6-8-10-40(41(64)21-33(29-56)47(70)53-27-39(63)20-32(28-55)46(69)52-26-38(62)19-31(30(3)57)9-7-5-2)54-45(68)18-14-37(61)25-51-44(67)17-13-36(60)24-50-43(66)16-12-35(59)23-49-42(65)15-11-34(58)22-48/h31-33,40,55-56H,4-29,48H2,1-3H3,(H,49,65)(H,50,66)(H,51,67)(H,52,69)(H,53,70)(H,54,68). The zero-order chi connectivity index (χ0) is 53.0. The molecule has 4 atom stereocenters. The second kappa shape index (κ2) is 37.9. The quantitative estimate of drug-likeness (QED) is 0.0313. The molecule has 23 nitrogen and oxygen atoms in total. The number of carbonyl (C=O) groups excluding carboxylic acids is 14. The molecular formula is C47H75N7O16. The molecule has 0 bridgehead atoms. The average molecular weight is 994 g/mol. The van der Waals surface area contributed by atoms with E-state index in [2.05, 4.69) is 31.9 Å². The number of hydrogen-bond donors (Lipinski definition) is 9. The molecule has 0 aliphatic rings. The van der Waals surface area contributed by atoms with Crippen molar-refractivity contribution in [3.8, 4) is 0 Å². The van der Waals surface area contributed by atoms with E-state index in [9.17, 15) is 77.3 Å². The number of nitrogens with one attached hydrogen (secondary N) is 6.